The van der Waals surface area contributed by atoms with Gasteiger partial charge in [-0.15, -0.1) is 11.5 Å². The van der Waals surface area contributed by atoms with Crippen LogP contribution in [0.4, 0.5) is 5.69 Å². The lowest BCUT2D eigenvalue weighted by atomic mass is 10.1. The third kappa shape index (κ3) is 7.32. The van der Waals surface area contributed by atoms with Crippen molar-refractivity contribution in [3.63, 3.8) is 0 Å². The minimum atomic E-state index is -1.34. The topological polar surface area (TPSA) is 21.3 Å². The molecule has 0 aromatic heterocycles. The number of nitrogens with one attached hydrogen (secondary N) is 1. The molecule has 0 fully saturated rings. The lowest BCUT2D eigenvalue weighted by Crippen LogP contribution is -2.18. The van der Waals surface area contributed by atoms with Crippen LogP contribution in [0.2, 0.25) is 19.6 Å². The zero-order chi connectivity index (χ0) is 18.1. The number of rotatable bonds is 6. The van der Waals surface area contributed by atoms with E-state index in [2.05, 4.69) is 72.8 Å². The Morgan fingerprint density at radius 2 is 1.72 bits per heavy atom. The zero-order valence-electron chi connectivity index (χ0n) is 15.5. The van der Waals surface area contributed by atoms with Crippen LogP contribution in [0, 0.1) is 11.5 Å². The standard InChI is InChI=1S/C22H27NOSi/c1-24-22-16-14-21(15-17-22)23-20(11-8-18-25(2,3)4)13-12-19-9-6-5-7-10-19/h5-7,9-10,12-17,20,23H,11H2,1-4H3/b13-12+. The second-order valence-electron chi connectivity index (χ2n) is 7.01. The van der Waals surface area contributed by atoms with Gasteiger partial charge in [-0.2, -0.15) is 0 Å². The zero-order valence-corrected chi connectivity index (χ0v) is 16.5. The molecule has 1 unspecified atom stereocenters. The van der Waals surface area contributed by atoms with Gasteiger partial charge in [-0.25, -0.2) is 0 Å². The summed E-state index contributed by atoms with van der Waals surface area (Å²) in [6.45, 7) is 6.81. The number of hydrogen-bond donors (Lipinski definition) is 1. The molecule has 0 saturated heterocycles. The van der Waals surface area contributed by atoms with Gasteiger partial charge in [-0.1, -0.05) is 62.1 Å². The summed E-state index contributed by atoms with van der Waals surface area (Å²) < 4.78 is 5.22. The minimum Gasteiger partial charge on any atom is -0.497 e. The van der Waals surface area contributed by atoms with Gasteiger partial charge in [0.1, 0.15) is 13.8 Å². The summed E-state index contributed by atoms with van der Waals surface area (Å²) in [6, 6.07) is 18.5. The second kappa shape index (κ2) is 9.15. The molecule has 0 aliphatic rings. The highest BCUT2D eigenvalue weighted by atomic mass is 28.3. The van der Waals surface area contributed by atoms with Crippen molar-refractivity contribution in [2.45, 2.75) is 32.1 Å². The van der Waals surface area contributed by atoms with E-state index in [1.807, 2.05) is 30.3 Å². The van der Waals surface area contributed by atoms with Crippen molar-refractivity contribution < 1.29 is 4.74 Å². The molecule has 0 amide bonds. The SMILES string of the molecule is COc1ccc(NC(/C=C/c2ccccc2)CC#C[Si](C)(C)C)cc1. The van der Waals surface area contributed by atoms with Gasteiger partial charge in [0.05, 0.1) is 13.2 Å². The van der Waals surface area contributed by atoms with Gasteiger partial charge in [0, 0.05) is 12.1 Å². The molecule has 0 bridgehead atoms. The van der Waals surface area contributed by atoms with Crippen LogP contribution in [-0.2, 0) is 0 Å². The van der Waals surface area contributed by atoms with Crippen LogP contribution < -0.4 is 10.1 Å². The van der Waals surface area contributed by atoms with E-state index >= 15 is 0 Å². The number of hydrogen-bond acceptors (Lipinski definition) is 2. The van der Waals surface area contributed by atoms with E-state index in [4.69, 9.17) is 4.74 Å². The highest BCUT2D eigenvalue weighted by molar-refractivity contribution is 6.83. The molecule has 0 aliphatic carbocycles. The van der Waals surface area contributed by atoms with Gasteiger partial charge in [-0.3, -0.25) is 0 Å². The smallest absolute Gasteiger partial charge is 0.129 e. The lowest BCUT2D eigenvalue weighted by Gasteiger charge is -2.15. The first-order chi connectivity index (χ1) is 12.0. The third-order valence-corrected chi connectivity index (χ3v) is 4.47. The van der Waals surface area contributed by atoms with Crippen molar-refractivity contribution >= 4 is 19.8 Å². The first-order valence-corrected chi connectivity index (χ1v) is 12.1. The third-order valence-electron chi connectivity index (χ3n) is 3.55. The number of ether oxygens (including phenoxy) is 1. The maximum Gasteiger partial charge on any atom is 0.129 e. The normalized spacial score (nSPS) is 12.3. The molecule has 0 heterocycles. The first kappa shape index (κ1) is 18.9. The summed E-state index contributed by atoms with van der Waals surface area (Å²) in [5.41, 5.74) is 5.71. The molecule has 0 aliphatic heterocycles. The van der Waals surface area contributed by atoms with E-state index in [-0.39, 0.29) is 6.04 Å². The number of anilines is 1. The molecule has 3 heteroatoms. The highest BCUT2D eigenvalue weighted by Crippen LogP contribution is 2.17. The van der Waals surface area contributed by atoms with Crippen molar-refractivity contribution in [3.05, 3.63) is 66.2 Å². The summed E-state index contributed by atoms with van der Waals surface area (Å²) in [7, 11) is 0.335. The van der Waals surface area contributed by atoms with Gasteiger partial charge in [-0.05, 0) is 29.8 Å². The molecule has 2 aromatic carbocycles. The van der Waals surface area contributed by atoms with Crippen LogP contribution in [0.25, 0.3) is 6.08 Å². The van der Waals surface area contributed by atoms with Crippen molar-refractivity contribution in [3.8, 4) is 17.2 Å². The predicted octanol–water partition coefficient (Wildman–Crippen LogP) is 5.46. The van der Waals surface area contributed by atoms with Crippen molar-refractivity contribution in [2.24, 2.45) is 0 Å². The quantitative estimate of drug-likeness (QED) is 0.552. The lowest BCUT2D eigenvalue weighted by molar-refractivity contribution is 0.415. The van der Waals surface area contributed by atoms with Crippen LogP contribution in [0.1, 0.15) is 12.0 Å². The molecule has 1 N–H and O–H groups in total. The van der Waals surface area contributed by atoms with Crippen LogP contribution >= 0.6 is 0 Å². The Morgan fingerprint density at radius 3 is 2.32 bits per heavy atom. The average molecular weight is 350 g/mol. The molecule has 0 radical (unpaired) electrons. The Morgan fingerprint density at radius 1 is 1.04 bits per heavy atom. The summed E-state index contributed by atoms with van der Waals surface area (Å²) in [6.07, 6.45) is 5.13. The molecule has 2 nitrogen and oxygen atoms in total. The van der Waals surface area contributed by atoms with Crippen LogP contribution in [0.3, 0.4) is 0 Å². The molecule has 1 atom stereocenters. The largest absolute Gasteiger partial charge is 0.497 e. The molecular weight excluding hydrogens is 322 g/mol. The fourth-order valence-corrected chi connectivity index (χ4v) is 2.92. The molecule has 25 heavy (non-hydrogen) atoms. The number of methoxy groups -OCH3 is 1. The van der Waals surface area contributed by atoms with Crippen molar-refractivity contribution in [1.82, 2.24) is 0 Å². The van der Waals surface area contributed by atoms with E-state index < -0.39 is 8.07 Å². The second-order valence-corrected chi connectivity index (χ2v) is 11.8. The van der Waals surface area contributed by atoms with Gasteiger partial charge in [0.15, 0.2) is 0 Å². The van der Waals surface area contributed by atoms with Gasteiger partial charge < -0.3 is 10.1 Å². The Labute approximate surface area is 152 Å². The van der Waals surface area contributed by atoms with Gasteiger partial charge in [0.2, 0.25) is 0 Å². The van der Waals surface area contributed by atoms with E-state index in [0.717, 1.165) is 17.9 Å². The average Bonchev–Trinajstić information content (AvgIpc) is 2.60. The van der Waals surface area contributed by atoms with Crippen molar-refractivity contribution in [2.75, 3.05) is 12.4 Å². The monoisotopic (exact) mass is 349 g/mol. The fraction of sp³-hybridized carbons (Fsp3) is 0.273. The maximum atomic E-state index is 5.22. The molecule has 0 spiro atoms. The molecule has 130 valence electrons. The van der Waals surface area contributed by atoms with Crippen LogP contribution in [0.5, 0.6) is 5.75 Å². The summed E-state index contributed by atoms with van der Waals surface area (Å²) in [4.78, 5) is 0. The summed E-state index contributed by atoms with van der Waals surface area (Å²) in [5.74, 6) is 4.24. The summed E-state index contributed by atoms with van der Waals surface area (Å²) >= 11 is 0. The van der Waals surface area contributed by atoms with Crippen LogP contribution in [-0.4, -0.2) is 21.2 Å². The molecule has 2 aromatic rings. The van der Waals surface area contributed by atoms with Crippen molar-refractivity contribution in [1.29, 1.82) is 0 Å². The van der Waals surface area contributed by atoms with E-state index in [1.165, 1.54) is 5.56 Å². The van der Waals surface area contributed by atoms with E-state index in [0.29, 0.717) is 0 Å². The maximum absolute atomic E-state index is 5.22. The fourth-order valence-electron chi connectivity index (χ4n) is 2.29. The van der Waals surface area contributed by atoms with Gasteiger partial charge >= 0.3 is 0 Å². The Hall–Kier alpha value is -2.44. The van der Waals surface area contributed by atoms with Crippen LogP contribution in [0.15, 0.2) is 60.7 Å². The Kier molecular flexibility index (Phi) is 6.91. The van der Waals surface area contributed by atoms with E-state index in [9.17, 15) is 0 Å². The summed E-state index contributed by atoms with van der Waals surface area (Å²) in [5, 5.41) is 3.56. The Bertz CT molecular complexity index is 734. The first-order valence-electron chi connectivity index (χ1n) is 8.60. The predicted molar refractivity (Wildman–Crippen MR) is 112 cm³/mol. The molecular formula is C22H27NOSi. The van der Waals surface area contributed by atoms with Gasteiger partial charge in [0.25, 0.3) is 0 Å². The molecule has 0 saturated carbocycles. The Balaban J connectivity index is 2.12. The number of benzene rings is 2. The molecule has 2 rings (SSSR count). The minimum absolute atomic E-state index is 0.164. The van der Waals surface area contributed by atoms with E-state index in [1.54, 1.807) is 7.11 Å². The highest BCUT2D eigenvalue weighted by Gasteiger charge is 2.08.